The Morgan fingerprint density at radius 2 is 1.87 bits per heavy atom. The molecule has 0 aliphatic rings. The van der Waals surface area contributed by atoms with Gasteiger partial charge in [0.25, 0.3) is 5.91 Å². The van der Waals surface area contributed by atoms with E-state index >= 15 is 0 Å². The summed E-state index contributed by atoms with van der Waals surface area (Å²) >= 11 is 6.10. The highest BCUT2D eigenvalue weighted by Crippen LogP contribution is 2.24. The Morgan fingerprint density at radius 1 is 1.13 bits per heavy atom. The van der Waals surface area contributed by atoms with Crippen LogP contribution in [0.25, 0.3) is 11.8 Å². The molecule has 0 saturated carbocycles. The summed E-state index contributed by atoms with van der Waals surface area (Å²) in [6.07, 6.45) is 1.52. The topological polar surface area (TPSA) is 95.1 Å². The van der Waals surface area contributed by atoms with E-state index < -0.39 is 11.9 Å². The average Bonchev–Trinajstić information content (AvgIpc) is 3.01. The number of carboxylic acids is 1. The average molecular weight is 434 g/mol. The molecule has 0 spiro atoms. The van der Waals surface area contributed by atoms with Crippen molar-refractivity contribution in [1.29, 1.82) is 5.26 Å². The van der Waals surface area contributed by atoms with E-state index in [-0.39, 0.29) is 11.1 Å². The third-order valence-corrected chi connectivity index (χ3v) is 5.32. The third kappa shape index (κ3) is 4.68. The molecule has 6 nitrogen and oxygen atoms in total. The minimum absolute atomic E-state index is 0.0590. The number of hydrogen-bond acceptors (Lipinski definition) is 3. The molecule has 0 atom stereocenters. The lowest BCUT2D eigenvalue weighted by atomic mass is 10.1. The van der Waals surface area contributed by atoms with Crippen LogP contribution in [-0.2, 0) is 4.79 Å². The van der Waals surface area contributed by atoms with Gasteiger partial charge >= 0.3 is 5.97 Å². The van der Waals surface area contributed by atoms with Gasteiger partial charge in [-0.15, -0.1) is 0 Å². The van der Waals surface area contributed by atoms with Crippen molar-refractivity contribution in [1.82, 2.24) is 4.57 Å². The van der Waals surface area contributed by atoms with Crippen molar-refractivity contribution in [3.8, 4) is 11.8 Å². The molecule has 0 fully saturated rings. The number of nitriles is 1. The van der Waals surface area contributed by atoms with Crippen molar-refractivity contribution in [2.45, 2.75) is 20.8 Å². The molecule has 1 amide bonds. The number of anilines is 1. The number of amides is 1. The van der Waals surface area contributed by atoms with Crippen LogP contribution in [0, 0.1) is 32.1 Å². The van der Waals surface area contributed by atoms with E-state index in [4.69, 9.17) is 11.6 Å². The molecule has 0 unspecified atom stereocenters. The van der Waals surface area contributed by atoms with Crippen molar-refractivity contribution in [3.63, 3.8) is 0 Å². The zero-order chi connectivity index (χ0) is 22.7. The van der Waals surface area contributed by atoms with Gasteiger partial charge in [-0.25, -0.2) is 4.79 Å². The molecule has 0 aliphatic heterocycles. The van der Waals surface area contributed by atoms with Gasteiger partial charge < -0.3 is 15.0 Å². The predicted molar refractivity (Wildman–Crippen MR) is 121 cm³/mol. The quantitative estimate of drug-likeness (QED) is 0.421. The van der Waals surface area contributed by atoms with Crippen LogP contribution in [0.15, 0.2) is 54.1 Å². The van der Waals surface area contributed by atoms with Gasteiger partial charge in [-0.1, -0.05) is 23.7 Å². The third-order valence-electron chi connectivity index (χ3n) is 4.92. The van der Waals surface area contributed by atoms with Crippen LogP contribution in [0.2, 0.25) is 5.02 Å². The number of nitrogens with zero attached hydrogens (tertiary/aromatic N) is 2. The highest BCUT2D eigenvalue weighted by Gasteiger charge is 2.15. The molecule has 7 heteroatoms. The Morgan fingerprint density at radius 3 is 2.52 bits per heavy atom. The Labute approximate surface area is 185 Å². The minimum atomic E-state index is -1.01. The van der Waals surface area contributed by atoms with Crippen LogP contribution in [-0.4, -0.2) is 21.6 Å². The van der Waals surface area contributed by atoms with Crippen LogP contribution in [0.1, 0.15) is 32.9 Å². The summed E-state index contributed by atoms with van der Waals surface area (Å²) in [6.45, 7) is 5.58. The summed E-state index contributed by atoms with van der Waals surface area (Å²) in [7, 11) is 0. The fourth-order valence-electron chi connectivity index (χ4n) is 3.28. The Hall–Kier alpha value is -3.82. The number of carbonyl (C=O) groups excluding carboxylic acids is 1. The van der Waals surface area contributed by atoms with Gasteiger partial charge in [0.15, 0.2) is 0 Å². The van der Waals surface area contributed by atoms with Crippen molar-refractivity contribution >= 4 is 35.2 Å². The maximum Gasteiger partial charge on any atom is 0.335 e. The number of rotatable bonds is 5. The summed E-state index contributed by atoms with van der Waals surface area (Å²) in [5.41, 5.74) is 4.49. The number of aromatic carboxylic acids is 1. The molecule has 2 aromatic carbocycles. The summed E-state index contributed by atoms with van der Waals surface area (Å²) in [4.78, 5) is 23.9. The van der Waals surface area contributed by atoms with E-state index in [1.165, 1.54) is 12.1 Å². The summed E-state index contributed by atoms with van der Waals surface area (Å²) < 4.78 is 1.88. The number of benzene rings is 2. The molecule has 1 aromatic heterocycles. The number of aromatic nitrogens is 1. The van der Waals surface area contributed by atoms with Gasteiger partial charge in [0.05, 0.1) is 5.56 Å². The molecule has 0 radical (unpaired) electrons. The van der Waals surface area contributed by atoms with E-state index in [0.29, 0.717) is 22.0 Å². The smallest absolute Gasteiger partial charge is 0.335 e. The standard InChI is InChI=1S/C24H20ClN3O3/c1-14-7-8-20(12-22(14)25)27-23(29)19(13-26)10-18-9-15(2)28(16(18)3)21-6-4-5-17(11-21)24(30)31/h4-12H,1-3H3,(H,27,29)(H,30,31)/b19-10-. The van der Waals surface area contributed by atoms with Crippen LogP contribution in [0.5, 0.6) is 0 Å². The molecule has 31 heavy (non-hydrogen) atoms. The number of carbonyl (C=O) groups is 2. The lowest BCUT2D eigenvalue weighted by molar-refractivity contribution is -0.112. The van der Waals surface area contributed by atoms with Crippen LogP contribution in [0.3, 0.4) is 0 Å². The number of carboxylic acid groups (broad SMARTS) is 1. The van der Waals surface area contributed by atoms with Gasteiger partial charge in [-0.05, 0) is 74.4 Å². The summed E-state index contributed by atoms with van der Waals surface area (Å²) in [5, 5.41) is 22.0. The number of aryl methyl sites for hydroxylation is 2. The van der Waals surface area contributed by atoms with Crippen molar-refractivity contribution in [3.05, 3.63) is 87.2 Å². The van der Waals surface area contributed by atoms with Crippen molar-refractivity contribution < 1.29 is 14.7 Å². The molecule has 2 N–H and O–H groups in total. The van der Waals surface area contributed by atoms with Crippen molar-refractivity contribution in [2.24, 2.45) is 0 Å². The Bertz CT molecular complexity index is 1270. The van der Waals surface area contributed by atoms with E-state index in [0.717, 1.165) is 17.0 Å². The first kappa shape index (κ1) is 21.9. The summed E-state index contributed by atoms with van der Waals surface area (Å²) in [5.74, 6) is -1.55. The maximum absolute atomic E-state index is 12.6. The fraction of sp³-hybridized carbons (Fsp3) is 0.125. The van der Waals surface area contributed by atoms with Crippen LogP contribution < -0.4 is 5.32 Å². The van der Waals surface area contributed by atoms with Crippen LogP contribution in [0.4, 0.5) is 5.69 Å². The second-order valence-electron chi connectivity index (χ2n) is 7.11. The monoisotopic (exact) mass is 433 g/mol. The van der Waals surface area contributed by atoms with E-state index in [1.54, 1.807) is 36.4 Å². The molecule has 3 rings (SSSR count). The SMILES string of the molecule is Cc1ccc(NC(=O)/C(C#N)=C\c2cc(C)n(-c3cccc(C(=O)O)c3)c2C)cc1Cl. The summed E-state index contributed by atoms with van der Waals surface area (Å²) in [6, 6.07) is 15.5. The van der Waals surface area contributed by atoms with Crippen LogP contribution >= 0.6 is 11.6 Å². The van der Waals surface area contributed by atoms with Gasteiger partial charge in [0, 0.05) is 27.8 Å². The van der Waals surface area contributed by atoms with Crippen molar-refractivity contribution in [2.75, 3.05) is 5.32 Å². The largest absolute Gasteiger partial charge is 0.478 e. The molecule has 1 heterocycles. The highest BCUT2D eigenvalue weighted by molar-refractivity contribution is 6.31. The molecule has 3 aromatic rings. The molecule has 156 valence electrons. The molecule has 0 bridgehead atoms. The Kier molecular flexibility index (Phi) is 6.28. The van der Waals surface area contributed by atoms with Gasteiger partial charge in [0.1, 0.15) is 11.6 Å². The number of nitrogens with one attached hydrogen (secondary N) is 1. The molecular formula is C24H20ClN3O3. The lowest BCUT2D eigenvalue weighted by Gasteiger charge is -2.10. The molecule has 0 saturated heterocycles. The fourth-order valence-corrected chi connectivity index (χ4v) is 3.46. The minimum Gasteiger partial charge on any atom is -0.478 e. The van der Waals surface area contributed by atoms with E-state index in [9.17, 15) is 20.0 Å². The molecular weight excluding hydrogens is 414 g/mol. The Balaban J connectivity index is 1.95. The van der Waals surface area contributed by atoms with Gasteiger partial charge in [-0.2, -0.15) is 5.26 Å². The normalized spacial score (nSPS) is 11.1. The first-order valence-electron chi connectivity index (χ1n) is 9.43. The second kappa shape index (κ2) is 8.90. The van der Waals surface area contributed by atoms with E-state index in [1.807, 2.05) is 37.5 Å². The first-order valence-corrected chi connectivity index (χ1v) is 9.81. The van der Waals surface area contributed by atoms with Gasteiger partial charge in [0.2, 0.25) is 0 Å². The zero-order valence-electron chi connectivity index (χ0n) is 17.2. The predicted octanol–water partition coefficient (Wildman–Crippen LogP) is 5.30. The highest BCUT2D eigenvalue weighted by atomic mass is 35.5. The first-order chi connectivity index (χ1) is 14.7. The maximum atomic E-state index is 12.6. The lowest BCUT2D eigenvalue weighted by Crippen LogP contribution is -2.13. The molecule has 0 aliphatic carbocycles. The van der Waals surface area contributed by atoms with E-state index in [2.05, 4.69) is 5.32 Å². The second-order valence-corrected chi connectivity index (χ2v) is 7.51. The van der Waals surface area contributed by atoms with Gasteiger partial charge in [-0.3, -0.25) is 4.79 Å². The number of hydrogen-bond donors (Lipinski definition) is 2. The zero-order valence-corrected chi connectivity index (χ0v) is 18.0. The number of halogens is 1.